The van der Waals surface area contributed by atoms with Gasteiger partial charge in [-0.05, 0) is 57.4 Å². The molecule has 3 aliphatic rings. The molecular weight excluding hydrogens is 602 g/mol. The Morgan fingerprint density at radius 1 is 1.12 bits per heavy atom. The molecule has 2 bridgehead atoms. The lowest BCUT2D eigenvalue weighted by atomic mass is 9.70. The van der Waals surface area contributed by atoms with Crippen LogP contribution in [0.4, 0.5) is 11.4 Å². The number of ether oxygens (including phenoxy) is 2. The van der Waals surface area contributed by atoms with Crippen LogP contribution in [0.2, 0.25) is 0 Å². The Morgan fingerprint density at radius 2 is 1.79 bits per heavy atom. The van der Waals surface area contributed by atoms with Gasteiger partial charge >= 0.3 is 5.97 Å². The van der Waals surface area contributed by atoms with Crippen molar-refractivity contribution < 1.29 is 29.0 Å². The number of rotatable bonds is 16. The van der Waals surface area contributed by atoms with Crippen LogP contribution >= 0.6 is 15.9 Å². The lowest BCUT2D eigenvalue weighted by Gasteiger charge is -2.37. The Kier molecular flexibility index (Phi) is 10.9. The fourth-order valence-electron chi connectivity index (χ4n) is 6.93. The molecule has 230 valence electrons. The van der Waals surface area contributed by atoms with E-state index in [9.17, 15) is 19.5 Å². The number of aliphatic hydroxyl groups excluding tert-OH is 1. The maximum absolute atomic E-state index is 14.7. The molecule has 10 heteroatoms. The first-order valence-corrected chi connectivity index (χ1v) is 16.0. The molecule has 3 fully saturated rings. The maximum atomic E-state index is 14.7. The molecular formula is C32H44BrN3O6. The average molecular weight is 647 g/mol. The molecule has 0 radical (unpaired) electrons. The second kappa shape index (κ2) is 14.2. The second-order valence-corrected chi connectivity index (χ2v) is 12.4. The third-order valence-corrected chi connectivity index (χ3v) is 9.66. The van der Waals surface area contributed by atoms with Gasteiger partial charge in [0, 0.05) is 49.0 Å². The molecule has 1 spiro atoms. The molecule has 3 unspecified atom stereocenters. The van der Waals surface area contributed by atoms with E-state index in [2.05, 4.69) is 47.8 Å². The molecule has 9 nitrogen and oxygen atoms in total. The molecule has 42 heavy (non-hydrogen) atoms. The molecule has 6 atom stereocenters. The Morgan fingerprint density at radius 3 is 2.40 bits per heavy atom. The van der Waals surface area contributed by atoms with Gasteiger partial charge in [-0.2, -0.15) is 0 Å². The summed E-state index contributed by atoms with van der Waals surface area (Å²) < 4.78 is 12.0. The topological polar surface area (TPSA) is 99.6 Å². The van der Waals surface area contributed by atoms with Gasteiger partial charge in [-0.1, -0.05) is 47.5 Å². The zero-order valence-electron chi connectivity index (χ0n) is 24.8. The third kappa shape index (κ3) is 5.90. The number of fused-ring (bicyclic) bond motifs is 1. The molecule has 3 aliphatic heterocycles. The lowest BCUT2D eigenvalue weighted by Crippen LogP contribution is -2.57. The highest BCUT2D eigenvalue weighted by molar-refractivity contribution is 9.09. The molecule has 1 aromatic carbocycles. The number of carbonyl (C=O) groups is 3. The van der Waals surface area contributed by atoms with Crippen molar-refractivity contribution in [3.8, 4) is 0 Å². The number of anilines is 2. The van der Waals surface area contributed by atoms with Gasteiger partial charge in [0.1, 0.15) is 18.2 Å². The summed E-state index contributed by atoms with van der Waals surface area (Å²) in [4.78, 5) is 47.4. The number of halogens is 1. The van der Waals surface area contributed by atoms with Crippen molar-refractivity contribution in [1.29, 1.82) is 0 Å². The number of hydrogen-bond donors (Lipinski definition) is 1. The molecule has 1 aromatic rings. The van der Waals surface area contributed by atoms with Crippen LogP contribution in [0.5, 0.6) is 0 Å². The van der Waals surface area contributed by atoms with Gasteiger partial charge in [0.15, 0.2) is 0 Å². The average Bonchev–Trinajstić information content (AvgIpc) is 3.58. The van der Waals surface area contributed by atoms with Crippen LogP contribution in [-0.2, 0) is 23.9 Å². The van der Waals surface area contributed by atoms with Crippen molar-refractivity contribution in [2.45, 2.75) is 68.5 Å². The summed E-state index contributed by atoms with van der Waals surface area (Å²) >= 11 is 3.70. The zero-order valence-corrected chi connectivity index (χ0v) is 26.3. The van der Waals surface area contributed by atoms with Crippen LogP contribution in [0.1, 0.15) is 46.0 Å². The van der Waals surface area contributed by atoms with Crippen molar-refractivity contribution in [3.63, 3.8) is 0 Å². The molecule has 0 aromatic heterocycles. The number of benzene rings is 1. The minimum absolute atomic E-state index is 0.0381. The first kappa shape index (κ1) is 32.2. The smallest absolute Gasteiger partial charge is 0.312 e. The van der Waals surface area contributed by atoms with Crippen LogP contribution in [-0.4, -0.2) is 89.8 Å². The number of esters is 1. The van der Waals surface area contributed by atoms with Crippen LogP contribution in [0.3, 0.4) is 0 Å². The first-order chi connectivity index (χ1) is 20.3. The normalized spacial score (nSPS) is 27.6. The van der Waals surface area contributed by atoms with E-state index in [1.54, 1.807) is 15.9 Å². The first-order valence-electron chi connectivity index (χ1n) is 15.1. The number of nitrogens with zero attached hydrogens (tertiary/aromatic N) is 3. The highest BCUT2D eigenvalue weighted by Gasteiger charge is 2.77. The second-order valence-electron chi connectivity index (χ2n) is 11.2. The molecule has 3 heterocycles. The van der Waals surface area contributed by atoms with Gasteiger partial charge < -0.3 is 29.3 Å². The largest absolute Gasteiger partial charge is 0.461 e. The number of alkyl halides is 1. The summed E-state index contributed by atoms with van der Waals surface area (Å²) in [5.41, 5.74) is 0.613. The van der Waals surface area contributed by atoms with Crippen molar-refractivity contribution in [2.24, 2.45) is 11.8 Å². The fraction of sp³-hybridized carbons (Fsp3) is 0.594. The SMILES string of the molecule is C=CCOC(=O)[C@H]1[C@@H]2OC3(CC2Br)C(C(=O)N(CC=C)c2ccc(N(CC)CC)cc2)N(CCCCCCO)C(=O)[C@H]13. The molecule has 3 saturated heterocycles. The summed E-state index contributed by atoms with van der Waals surface area (Å²) in [5.74, 6) is -2.62. The summed E-state index contributed by atoms with van der Waals surface area (Å²) in [5, 5.41) is 9.18. The van der Waals surface area contributed by atoms with E-state index in [0.29, 0.717) is 31.5 Å². The fourth-order valence-corrected chi connectivity index (χ4v) is 7.88. The maximum Gasteiger partial charge on any atom is 0.312 e. The summed E-state index contributed by atoms with van der Waals surface area (Å²) in [6.07, 6.45) is 6.02. The van der Waals surface area contributed by atoms with E-state index in [4.69, 9.17) is 9.47 Å². The molecule has 2 amide bonds. The van der Waals surface area contributed by atoms with E-state index < -0.39 is 35.6 Å². The Labute approximate surface area is 257 Å². The molecule has 0 aliphatic carbocycles. The van der Waals surface area contributed by atoms with E-state index >= 15 is 0 Å². The van der Waals surface area contributed by atoms with Gasteiger partial charge in [0.25, 0.3) is 5.91 Å². The van der Waals surface area contributed by atoms with Crippen LogP contribution in [0.15, 0.2) is 49.6 Å². The standard InChI is InChI=1S/C32H44BrN3O6/c1-5-17-35(23-15-13-22(14-16-23)34(7-3)8-4)30(39)28-32-21-24(33)27(42-32)25(31(40)41-20-6-2)26(32)29(38)36(28)18-11-9-10-12-19-37/h5-6,13-16,24-28,37H,1-2,7-12,17-21H2,3-4H3/t24?,25-,26+,27-,28?,32?/m1/s1. The van der Waals surface area contributed by atoms with E-state index in [0.717, 1.165) is 31.6 Å². The summed E-state index contributed by atoms with van der Waals surface area (Å²) in [6.45, 7) is 14.2. The number of aliphatic hydroxyl groups is 1. The predicted molar refractivity (Wildman–Crippen MR) is 167 cm³/mol. The Balaban J connectivity index is 1.71. The van der Waals surface area contributed by atoms with Crippen LogP contribution < -0.4 is 9.80 Å². The van der Waals surface area contributed by atoms with Gasteiger partial charge in [-0.3, -0.25) is 14.4 Å². The lowest BCUT2D eigenvalue weighted by molar-refractivity contribution is -0.153. The summed E-state index contributed by atoms with van der Waals surface area (Å²) in [7, 11) is 0. The van der Waals surface area contributed by atoms with Gasteiger partial charge in [-0.15, -0.1) is 6.58 Å². The zero-order chi connectivity index (χ0) is 30.4. The number of amides is 2. The van der Waals surface area contributed by atoms with E-state index in [-0.39, 0.29) is 36.4 Å². The van der Waals surface area contributed by atoms with E-state index in [1.807, 2.05) is 24.3 Å². The number of unbranched alkanes of at least 4 members (excludes halogenated alkanes) is 3. The molecule has 1 N–H and O–H groups in total. The third-order valence-electron chi connectivity index (χ3n) is 8.81. The number of hydrogen-bond acceptors (Lipinski definition) is 7. The monoisotopic (exact) mass is 645 g/mol. The van der Waals surface area contributed by atoms with Crippen molar-refractivity contribution in [1.82, 2.24) is 4.90 Å². The minimum Gasteiger partial charge on any atom is -0.461 e. The van der Waals surface area contributed by atoms with Crippen molar-refractivity contribution in [2.75, 3.05) is 49.2 Å². The van der Waals surface area contributed by atoms with Crippen LogP contribution in [0, 0.1) is 11.8 Å². The highest BCUT2D eigenvalue weighted by Crippen LogP contribution is 2.60. The predicted octanol–water partition coefficient (Wildman–Crippen LogP) is 4.08. The molecule has 4 rings (SSSR count). The van der Waals surface area contributed by atoms with Gasteiger partial charge in [0.2, 0.25) is 5.91 Å². The van der Waals surface area contributed by atoms with Crippen molar-refractivity contribution >= 4 is 45.1 Å². The minimum atomic E-state index is -1.16. The summed E-state index contributed by atoms with van der Waals surface area (Å²) in [6, 6.07) is 6.95. The van der Waals surface area contributed by atoms with Crippen LogP contribution in [0.25, 0.3) is 0 Å². The van der Waals surface area contributed by atoms with E-state index in [1.165, 1.54) is 6.08 Å². The molecule has 0 saturated carbocycles. The van der Waals surface area contributed by atoms with Gasteiger partial charge in [-0.25, -0.2) is 0 Å². The Bertz CT molecular complexity index is 1140. The number of likely N-dealkylation sites (tertiary alicyclic amines) is 1. The Hall–Kier alpha value is -2.69. The van der Waals surface area contributed by atoms with Gasteiger partial charge in [0.05, 0.1) is 17.9 Å². The highest BCUT2D eigenvalue weighted by atomic mass is 79.9. The number of carbonyl (C=O) groups excluding carboxylic acids is 3. The van der Waals surface area contributed by atoms with Crippen molar-refractivity contribution in [3.05, 3.63) is 49.6 Å². The quantitative estimate of drug-likeness (QED) is 0.125.